The number of carbonyl (C=O) groups is 3. The van der Waals surface area contributed by atoms with E-state index in [1.165, 1.54) is 7.11 Å². The van der Waals surface area contributed by atoms with Crippen molar-refractivity contribution in [2.24, 2.45) is 22.4 Å². The van der Waals surface area contributed by atoms with Crippen molar-refractivity contribution in [2.75, 3.05) is 7.11 Å². The molecule has 5 nitrogen and oxygen atoms in total. The van der Waals surface area contributed by atoms with Gasteiger partial charge in [-0.05, 0) is 18.8 Å². The lowest BCUT2D eigenvalue weighted by Gasteiger charge is -2.39. The van der Waals surface area contributed by atoms with Crippen LogP contribution in [0.5, 0.6) is 0 Å². The molecule has 1 aliphatic carbocycles. The minimum absolute atomic E-state index is 0.208. The van der Waals surface area contributed by atoms with Crippen molar-refractivity contribution in [3.05, 3.63) is 0 Å². The van der Waals surface area contributed by atoms with E-state index in [9.17, 15) is 14.4 Å². The number of nitrogens with zero attached hydrogens (tertiary/aromatic N) is 1. The predicted octanol–water partition coefficient (Wildman–Crippen LogP) is 2.18. The van der Waals surface area contributed by atoms with Gasteiger partial charge in [-0.2, -0.15) is 0 Å². The first-order valence-corrected chi connectivity index (χ1v) is 6.93. The Bertz CT molecular complexity index is 451. The van der Waals surface area contributed by atoms with E-state index in [4.69, 9.17) is 4.84 Å². The fourth-order valence-electron chi connectivity index (χ4n) is 3.06. The highest BCUT2D eigenvalue weighted by atomic mass is 16.6. The summed E-state index contributed by atoms with van der Waals surface area (Å²) in [6, 6.07) is 0. The summed E-state index contributed by atoms with van der Waals surface area (Å²) in [4.78, 5) is 41.5. The van der Waals surface area contributed by atoms with E-state index in [-0.39, 0.29) is 30.2 Å². The lowest BCUT2D eigenvalue weighted by Crippen LogP contribution is -2.51. The van der Waals surface area contributed by atoms with Crippen molar-refractivity contribution in [1.29, 1.82) is 0 Å². The smallest absolute Gasteiger partial charge is 0.160 e. The number of hydrogen-bond donors (Lipinski definition) is 0. The molecule has 5 heteroatoms. The first-order chi connectivity index (χ1) is 9.26. The quantitative estimate of drug-likeness (QED) is 0.440. The molecular formula is C15H23NO4. The van der Waals surface area contributed by atoms with Crippen molar-refractivity contribution < 1.29 is 19.2 Å². The van der Waals surface area contributed by atoms with Gasteiger partial charge < -0.3 is 4.84 Å². The van der Waals surface area contributed by atoms with Crippen molar-refractivity contribution >= 4 is 23.1 Å². The van der Waals surface area contributed by atoms with Crippen LogP contribution >= 0.6 is 0 Å². The summed E-state index contributed by atoms with van der Waals surface area (Å²) < 4.78 is 0. The zero-order valence-electron chi connectivity index (χ0n) is 12.9. The third kappa shape index (κ3) is 3.14. The maximum Gasteiger partial charge on any atom is 0.160 e. The van der Waals surface area contributed by atoms with Gasteiger partial charge in [0, 0.05) is 12.8 Å². The van der Waals surface area contributed by atoms with E-state index in [0.29, 0.717) is 12.1 Å². The lowest BCUT2D eigenvalue weighted by molar-refractivity contribution is -0.147. The number of Topliss-reactive ketones (excluding diaryl/α,β-unsaturated/α-hetero) is 3. The summed E-state index contributed by atoms with van der Waals surface area (Å²) in [6.45, 7) is 7.25. The molecule has 0 bridgehead atoms. The van der Waals surface area contributed by atoms with Gasteiger partial charge in [-0.25, -0.2) is 0 Å². The van der Waals surface area contributed by atoms with Crippen molar-refractivity contribution in [2.45, 2.75) is 47.0 Å². The van der Waals surface area contributed by atoms with Gasteiger partial charge in [0.2, 0.25) is 0 Å². The summed E-state index contributed by atoms with van der Waals surface area (Å²) in [5.41, 5.74) is -0.0205. The average Bonchev–Trinajstić information content (AvgIpc) is 2.27. The summed E-state index contributed by atoms with van der Waals surface area (Å²) in [5, 5.41) is 3.83. The second kappa shape index (κ2) is 6.29. The third-order valence-electron chi connectivity index (χ3n) is 3.77. The molecule has 2 atom stereocenters. The Hall–Kier alpha value is -1.52. The van der Waals surface area contributed by atoms with Crippen molar-refractivity contribution in [1.82, 2.24) is 0 Å². The fourth-order valence-corrected chi connectivity index (χ4v) is 3.06. The maximum atomic E-state index is 12.6. The van der Waals surface area contributed by atoms with Gasteiger partial charge in [-0.3, -0.25) is 14.4 Å². The molecule has 20 heavy (non-hydrogen) atoms. The molecule has 2 unspecified atom stereocenters. The molecule has 0 N–H and O–H groups in total. The second-order valence-corrected chi connectivity index (χ2v) is 6.03. The largest absolute Gasteiger partial charge is 0.399 e. The van der Waals surface area contributed by atoms with Gasteiger partial charge in [-0.15, -0.1) is 0 Å². The first-order valence-electron chi connectivity index (χ1n) is 6.93. The normalized spacial score (nSPS) is 26.6. The summed E-state index contributed by atoms with van der Waals surface area (Å²) >= 11 is 0. The molecule has 0 heterocycles. The molecule has 0 aromatic rings. The molecule has 112 valence electrons. The Morgan fingerprint density at radius 2 is 2.00 bits per heavy atom. The Morgan fingerprint density at radius 3 is 2.50 bits per heavy atom. The SMILES string of the molecule is CCCC(=O)C1C(=O)CC(C)(C)C(C(C)=NOC)C1=O. The Balaban J connectivity index is 3.16. The van der Waals surface area contributed by atoms with Crippen LogP contribution in [0.4, 0.5) is 0 Å². The molecule has 0 saturated heterocycles. The van der Waals surface area contributed by atoms with Crippen LogP contribution in [0.3, 0.4) is 0 Å². The van der Waals surface area contributed by atoms with Crippen LogP contribution in [0, 0.1) is 17.3 Å². The molecule has 1 aliphatic rings. The summed E-state index contributed by atoms with van der Waals surface area (Å²) in [5.74, 6) is -2.53. The van der Waals surface area contributed by atoms with Gasteiger partial charge in [0.1, 0.15) is 13.0 Å². The molecule has 0 aliphatic heterocycles. The number of carbonyl (C=O) groups excluding carboxylic acids is 3. The van der Waals surface area contributed by atoms with E-state index in [1.54, 1.807) is 6.92 Å². The van der Waals surface area contributed by atoms with Crippen molar-refractivity contribution in [3.8, 4) is 0 Å². The van der Waals surface area contributed by atoms with E-state index in [0.717, 1.165) is 0 Å². The summed E-state index contributed by atoms with van der Waals surface area (Å²) in [7, 11) is 1.41. The van der Waals surface area contributed by atoms with Gasteiger partial charge in [0.25, 0.3) is 0 Å². The van der Waals surface area contributed by atoms with Crippen LogP contribution in [-0.2, 0) is 19.2 Å². The molecule has 1 rings (SSSR count). The molecule has 0 aromatic carbocycles. The molecule has 1 fully saturated rings. The third-order valence-corrected chi connectivity index (χ3v) is 3.77. The van der Waals surface area contributed by atoms with Crippen LogP contribution < -0.4 is 0 Å². The van der Waals surface area contributed by atoms with Crippen LogP contribution in [0.15, 0.2) is 5.16 Å². The van der Waals surface area contributed by atoms with Gasteiger partial charge in [0.05, 0.1) is 11.6 Å². The standard InChI is InChI=1S/C15H23NO4/c1-6-7-10(17)12-11(18)8-15(3,4)13(14(12)19)9(2)16-20-5/h12-13H,6-8H2,1-5H3. The fraction of sp³-hybridized carbons (Fsp3) is 0.733. The number of hydrogen-bond acceptors (Lipinski definition) is 5. The highest BCUT2D eigenvalue weighted by Gasteiger charge is 2.51. The zero-order valence-corrected chi connectivity index (χ0v) is 12.9. The second-order valence-electron chi connectivity index (χ2n) is 6.03. The Kier molecular flexibility index (Phi) is 5.20. The molecular weight excluding hydrogens is 258 g/mol. The van der Waals surface area contributed by atoms with E-state index < -0.39 is 17.3 Å². The molecule has 0 amide bonds. The van der Waals surface area contributed by atoms with E-state index >= 15 is 0 Å². The van der Waals surface area contributed by atoms with E-state index in [2.05, 4.69) is 5.16 Å². The Morgan fingerprint density at radius 1 is 1.40 bits per heavy atom. The van der Waals surface area contributed by atoms with Gasteiger partial charge in [-0.1, -0.05) is 25.9 Å². The number of ketones is 3. The summed E-state index contributed by atoms with van der Waals surface area (Å²) in [6.07, 6.45) is 1.10. The minimum atomic E-state index is -1.12. The average molecular weight is 281 g/mol. The van der Waals surface area contributed by atoms with E-state index in [1.807, 2.05) is 20.8 Å². The minimum Gasteiger partial charge on any atom is -0.399 e. The molecule has 0 radical (unpaired) electrons. The highest BCUT2D eigenvalue weighted by Crippen LogP contribution is 2.40. The first kappa shape index (κ1) is 16.5. The van der Waals surface area contributed by atoms with Gasteiger partial charge >= 0.3 is 0 Å². The van der Waals surface area contributed by atoms with Crippen molar-refractivity contribution in [3.63, 3.8) is 0 Å². The van der Waals surface area contributed by atoms with Crippen LogP contribution in [0.1, 0.15) is 47.0 Å². The maximum absolute atomic E-state index is 12.6. The Labute approximate surface area is 119 Å². The molecule has 0 spiro atoms. The van der Waals surface area contributed by atoms with Crippen LogP contribution in [-0.4, -0.2) is 30.2 Å². The predicted molar refractivity (Wildman–Crippen MR) is 75.4 cm³/mol. The molecule has 1 saturated carbocycles. The van der Waals surface area contributed by atoms with Crippen LogP contribution in [0.25, 0.3) is 0 Å². The number of oxime groups is 1. The molecule has 0 aromatic heterocycles. The lowest BCUT2D eigenvalue weighted by atomic mass is 9.61. The highest BCUT2D eigenvalue weighted by molar-refractivity contribution is 6.25. The number of rotatable bonds is 5. The van der Waals surface area contributed by atoms with Gasteiger partial charge in [0.15, 0.2) is 17.3 Å². The zero-order chi connectivity index (χ0) is 15.5. The topological polar surface area (TPSA) is 72.8 Å². The monoisotopic (exact) mass is 281 g/mol. The van der Waals surface area contributed by atoms with Crippen LogP contribution in [0.2, 0.25) is 0 Å².